The summed E-state index contributed by atoms with van der Waals surface area (Å²) in [5, 5.41) is 1.90. The van der Waals surface area contributed by atoms with E-state index in [0.29, 0.717) is 4.88 Å². The van der Waals surface area contributed by atoms with Crippen LogP contribution >= 0.6 is 11.3 Å². The summed E-state index contributed by atoms with van der Waals surface area (Å²) in [6, 6.07) is 9.74. The predicted molar refractivity (Wildman–Crippen MR) is 82.5 cm³/mol. The molecule has 0 aliphatic carbocycles. The molecule has 0 bridgehead atoms. The van der Waals surface area contributed by atoms with Crippen molar-refractivity contribution >= 4 is 28.2 Å². The van der Waals surface area contributed by atoms with Crippen molar-refractivity contribution in [2.75, 3.05) is 0 Å². The molecule has 3 aromatic rings. The third kappa shape index (κ3) is 2.78. The Morgan fingerprint density at radius 3 is 2.81 bits per heavy atom. The first-order valence-corrected chi connectivity index (χ1v) is 7.40. The van der Waals surface area contributed by atoms with E-state index in [0.717, 1.165) is 27.2 Å². The van der Waals surface area contributed by atoms with E-state index in [1.807, 2.05) is 44.2 Å². The van der Waals surface area contributed by atoms with E-state index in [4.69, 9.17) is 4.74 Å². The maximum absolute atomic E-state index is 12.1. The molecule has 2 aromatic heterocycles. The highest BCUT2D eigenvalue weighted by Gasteiger charge is 2.15. The van der Waals surface area contributed by atoms with Crippen molar-refractivity contribution in [1.82, 2.24) is 9.97 Å². The monoisotopic (exact) mass is 298 g/mol. The molecule has 0 saturated carbocycles. The lowest BCUT2D eigenvalue weighted by Gasteiger charge is -2.06. The van der Waals surface area contributed by atoms with Crippen LogP contribution in [0.2, 0.25) is 0 Å². The van der Waals surface area contributed by atoms with Gasteiger partial charge in [0.2, 0.25) is 0 Å². The standard InChI is InChI=1S/C16H14N2O2S/c1-10-15(21-11(2)18-10)16(19)20-9-13-6-3-5-12-7-4-8-17-14(12)13/h3-8H,9H2,1-2H3. The average molecular weight is 298 g/mol. The number of aryl methyl sites for hydroxylation is 2. The number of esters is 1. The first-order chi connectivity index (χ1) is 10.1. The highest BCUT2D eigenvalue weighted by atomic mass is 32.1. The Morgan fingerprint density at radius 1 is 1.24 bits per heavy atom. The molecule has 0 atom stereocenters. The smallest absolute Gasteiger partial charge is 0.350 e. The van der Waals surface area contributed by atoms with Crippen LogP contribution in [-0.4, -0.2) is 15.9 Å². The van der Waals surface area contributed by atoms with Gasteiger partial charge >= 0.3 is 5.97 Å². The van der Waals surface area contributed by atoms with E-state index in [1.54, 1.807) is 6.20 Å². The molecule has 3 rings (SSSR count). The lowest BCUT2D eigenvalue weighted by atomic mass is 10.1. The normalized spacial score (nSPS) is 10.8. The second-order valence-electron chi connectivity index (χ2n) is 4.72. The van der Waals surface area contributed by atoms with Crippen LogP contribution < -0.4 is 0 Å². The second-order valence-corrected chi connectivity index (χ2v) is 5.92. The number of aromatic nitrogens is 2. The highest BCUT2D eigenvalue weighted by molar-refractivity contribution is 7.13. The molecule has 0 spiro atoms. The Labute approximate surface area is 126 Å². The predicted octanol–water partition coefficient (Wildman–Crippen LogP) is 3.67. The van der Waals surface area contributed by atoms with Gasteiger partial charge < -0.3 is 4.74 Å². The van der Waals surface area contributed by atoms with Crippen LogP contribution in [0.15, 0.2) is 36.5 Å². The molecule has 21 heavy (non-hydrogen) atoms. The van der Waals surface area contributed by atoms with Gasteiger partial charge in [-0.05, 0) is 19.9 Å². The van der Waals surface area contributed by atoms with Gasteiger partial charge in [0.15, 0.2) is 0 Å². The number of nitrogens with zero attached hydrogens (tertiary/aromatic N) is 2. The molecule has 4 nitrogen and oxygen atoms in total. The van der Waals surface area contributed by atoms with E-state index in [2.05, 4.69) is 9.97 Å². The van der Waals surface area contributed by atoms with Crippen molar-refractivity contribution in [1.29, 1.82) is 0 Å². The van der Waals surface area contributed by atoms with Gasteiger partial charge in [-0.2, -0.15) is 0 Å². The first kappa shape index (κ1) is 13.7. The quantitative estimate of drug-likeness (QED) is 0.692. The molecule has 0 aliphatic rings. The van der Waals surface area contributed by atoms with Crippen molar-refractivity contribution < 1.29 is 9.53 Å². The summed E-state index contributed by atoms with van der Waals surface area (Å²) < 4.78 is 5.41. The summed E-state index contributed by atoms with van der Waals surface area (Å²) in [4.78, 5) is 21.3. The Bertz CT molecular complexity index is 806. The third-order valence-corrected chi connectivity index (χ3v) is 4.22. The molecule has 1 aromatic carbocycles. The molecule has 2 heterocycles. The van der Waals surface area contributed by atoms with Crippen LogP contribution in [0.25, 0.3) is 10.9 Å². The summed E-state index contributed by atoms with van der Waals surface area (Å²) >= 11 is 1.36. The maximum Gasteiger partial charge on any atom is 0.350 e. The first-order valence-electron chi connectivity index (χ1n) is 6.59. The average Bonchev–Trinajstić information content (AvgIpc) is 2.83. The van der Waals surface area contributed by atoms with Gasteiger partial charge in [-0.15, -0.1) is 11.3 Å². The van der Waals surface area contributed by atoms with Gasteiger partial charge in [-0.3, -0.25) is 4.98 Å². The van der Waals surface area contributed by atoms with E-state index in [-0.39, 0.29) is 12.6 Å². The Kier molecular flexibility index (Phi) is 3.66. The number of benzene rings is 1. The highest BCUT2D eigenvalue weighted by Crippen LogP contribution is 2.20. The number of carbonyl (C=O) groups is 1. The summed E-state index contributed by atoms with van der Waals surface area (Å²) in [7, 11) is 0. The molecular formula is C16H14N2O2S. The maximum atomic E-state index is 12.1. The molecule has 0 N–H and O–H groups in total. The van der Waals surface area contributed by atoms with Crippen molar-refractivity contribution in [2.24, 2.45) is 0 Å². The fraction of sp³-hybridized carbons (Fsp3) is 0.188. The van der Waals surface area contributed by atoms with Crippen LogP contribution in [0, 0.1) is 13.8 Å². The molecule has 0 aliphatic heterocycles. The molecule has 0 radical (unpaired) electrons. The number of carbonyl (C=O) groups excluding carboxylic acids is 1. The van der Waals surface area contributed by atoms with Crippen LogP contribution in [0.4, 0.5) is 0 Å². The minimum absolute atomic E-state index is 0.212. The van der Waals surface area contributed by atoms with Gasteiger partial charge in [-0.1, -0.05) is 24.3 Å². The Morgan fingerprint density at radius 2 is 2.05 bits per heavy atom. The zero-order valence-corrected chi connectivity index (χ0v) is 12.6. The van der Waals surface area contributed by atoms with Gasteiger partial charge in [0.05, 0.1) is 16.2 Å². The molecule has 0 saturated heterocycles. The lowest BCUT2D eigenvalue weighted by Crippen LogP contribution is -2.05. The Balaban J connectivity index is 1.81. The Hall–Kier alpha value is -2.27. The third-order valence-electron chi connectivity index (χ3n) is 3.16. The van der Waals surface area contributed by atoms with Crippen LogP contribution in [0.5, 0.6) is 0 Å². The summed E-state index contributed by atoms with van der Waals surface area (Å²) in [6.45, 7) is 3.91. The van der Waals surface area contributed by atoms with Crippen molar-refractivity contribution in [3.8, 4) is 0 Å². The summed E-state index contributed by atoms with van der Waals surface area (Å²) in [6.07, 6.45) is 1.74. The minimum atomic E-state index is -0.328. The van der Waals surface area contributed by atoms with Crippen LogP contribution in [-0.2, 0) is 11.3 Å². The summed E-state index contributed by atoms with van der Waals surface area (Å²) in [5.41, 5.74) is 2.49. The molecular weight excluding hydrogens is 284 g/mol. The fourth-order valence-corrected chi connectivity index (χ4v) is 3.03. The van der Waals surface area contributed by atoms with Gasteiger partial charge in [0.1, 0.15) is 11.5 Å². The van der Waals surface area contributed by atoms with E-state index in [9.17, 15) is 4.79 Å². The molecule has 0 fully saturated rings. The number of para-hydroxylation sites is 1. The number of hydrogen-bond donors (Lipinski definition) is 0. The van der Waals surface area contributed by atoms with Crippen LogP contribution in [0.3, 0.4) is 0 Å². The van der Waals surface area contributed by atoms with Gasteiger partial charge in [0.25, 0.3) is 0 Å². The number of fused-ring (bicyclic) bond motifs is 1. The molecule has 0 unspecified atom stereocenters. The fourth-order valence-electron chi connectivity index (χ4n) is 2.21. The second kappa shape index (κ2) is 5.61. The van der Waals surface area contributed by atoms with E-state index in [1.165, 1.54) is 11.3 Å². The topological polar surface area (TPSA) is 52.1 Å². The number of hydrogen-bond acceptors (Lipinski definition) is 5. The number of rotatable bonds is 3. The van der Waals surface area contributed by atoms with Crippen molar-refractivity contribution in [3.05, 3.63) is 57.7 Å². The zero-order valence-electron chi connectivity index (χ0n) is 11.8. The molecule has 0 amide bonds. The van der Waals surface area contributed by atoms with Crippen molar-refractivity contribution in [2.45, 2.75) is 20.5 Å². The van der Waals surface area contributed by atoms with E-state index < -0.39 is 0 Å². The number of pyridine rings is 1. The minimum Gasteiger partial charge on any atom is -0.457 e. The molecule has 5 heteroatoms. The SMILES string of the molecule is Cc1nc(C)c(C(=O)OCc2cccc3cccnc23)s1. The number of ether oxygens (including phenoxy) is 1. The lowest BCUT2D eigenvalue weighted by molar-refractivity contribution is 0.0479. The zero-order chi connectivity index (χ0) is 14.8. The van der Waals surface area contributed by atoms with Crippen LogP contribution in [0.1, 0.15) is 25.9 Å². The largest absolute Gasteiger partial charge is 0.457 e. The van der Waals surface area contributed by atoms with Crippen molar-refractivity contribution in [3.63, 3.8) is 0 Å². The summed E-state index contributed by atoms with van der Waals surface area (Å²) in [5.74, 6) is -0.328. The number of thiazole rings is 1. The van der Waals surface area contributed by atoms with E-state index >= 15 is 0 Å². The molecule has 106 valence electrons. The van der Waals surface area contributed by atoms with Gasteiger partial charge in [-0.25, -0.2) is 9.78 Å². The van der Waals surface area contributed by atoms with Gasteiger partial charge in [0, 0.05) is 17.1 Å².